The molecule has 0 atom stereocenters. The summed E-state index contributed by atoms with van der Waals surface area (Å²) in [5.41, 5.74) is 0.587. The minimum absolute atomic E-state index is 0.154. The quantitative estimate of drug-likeness (QED) is 0.704. The molecule has 3 rings (SSSR count). The molecule has 0 aliphatic heterocycles. The number of primary sulfonamides is 1. The number of rotatable bonds is 4. The van der Waals surface area contributed by atoms with Crippen LogP contribution in [0.2, 0.25) is 0 Å². The molecule has 0 fully saturated rings. The Morgan fingerprint density at radius 3 is 2.44 bits per heavy atom. The van der Waals surface area contributed by atoms with Crippen molar-refractivity contribution in [3.63, 3.8) is 0 Å². The third kappa shape index (κ3) is 4.10. The third-order valence-electron chi connectivity index (χ3n) is 3.74. The smallest absolute Gasteiger partial charge is 0.280 e. The Morgan fingerprint density at radius 1 is 1.07 bits per heavy atom. The number of para-hydroxylation sites is 1. The van der Waals surface area contributed by atoms with Crippen LogP contribution >= 0.6 is 0 Å². The van der Waals surface area contributed by atoms with Crippen molar-refractivity contribution in [1.29, 1.82) is 0 Å². The number of nitrogens with zero attached hydrogens (tertiary/aromatic N) is 2. The van der Waals surface area contributed by atoms with Crippen molar-refractivity contribution in [1.82, 2.24) is 9.78 Å². The number of carbonyl (C=O) groups is 1. The predicted molar refractivity (Wildman–Crippen MR) is 100 cm³/mol. The largest absolute Gasteiger partial charge is 0.320 e. The Kier molecular flexibility index (Phi) is 4.89. The van der Waals surface area contributed by atoms with Crippen LogP contribution in [0.3, 0.4) is 0 Å². The van der Waals surface area contributed by atoms with Gasteiger partial charge in [0.15, 0.2) is 5.69 Å². The molecule has 1 amide bonds. The van der Waals surface area contributed by atoms with E-state index in [-0.39, 0.29) is 16.3 Å². The summed E-state index contributed by atoms with van der Waals surface area (Å²) in [5.74, 6) is -0.753. The first-order valence-electron chi connectivity index (χ1n) is 7.86. The molecule has 0 bridgehead atoms. The van der Waals surface area contributed by atoms with Crippen molar-refractivity contribution in [2.24, 2.45) is 5.14 Å². The summed E-state index contributed by atoms with van der Waals surface area (Å²) >= 11 is 0. The van der Waals surface area contributed by atoms with E-state index in [1.165, 1.54) is 35.0 Å². The van der Waals surface area contributed by atoms with Crippen molar-refractivity contribution >= 4 is 21.6 Å². The number of nitrogens with one attached hydrogen (secondary N) is 1. The SMILES string of the molecule is Cc1cc(=O)c(C(=O)Nc2cccc(S(N)(=O)=O)c2)nn1-c1ccccc1. The van der Waals surface area contributed by atoms with Gasteiger partial charge >= 0.3 is 0 Å². The van der Waals surface area contributed by atoms with Crippen molar-refractivity contribution < 1.29 is 13.2 Å². The maximum absolute atomic E-state index is 12.5. The number of benzene rings is 2. The summed E-state index contributed by atoms with van der Waals surface area (Å²) < 4.78 is 24.3. The van der Waals surface area contributed by atoms with Crippen LogP contribution in [0.1, 0.15) is 16.2 Å². The molecule has 2 aromatic carbocycles. The molecule has 27 heavy (non-hydrogen) atoms. The van der Waals surface area contributed by atoms with Crippen LogP contribution < -0.4 is 15.9 Å². The van der Waals surface area contributed by atoms with E-state index in [2.05, 4.69) is 10.4 Å². The fraction of sp³-hybridized carbons (Fsp3) is 0.0556. The number of carbonyl (C=O) groups excluding carboxylic acids is 1. The molecule has 0 spiro atoms. The van der Waals surface area contributed by atoms with Crippen molar-refractivity contribution in [3.8, 4) is 5.69 Å². The lowest BCUT2D eigenvalue weighted by Crippen LogP contribution is -2.27. The molecule has 8 nitrogen and oxygen atoms in total. The average Bonchev–Trinajstić information content (AvgIpc) is 2.62. The summed E-state index contributed by atoms with van der Waals surface area (Å²) in [6.45, 7) is 1.71. The Balaban J connectivity index is 1.97. The molecule has 0 aliphatic rings. The van der Waals surface area contributed by atoms with Crippen LogP contribution in [0.25, 0.3) is 5.69 Å². The molecule has 1 aromatic heterocycles. The highest BCUT2D eigenvalue weighted by molar-refractivity contribution is 7.89. The second-order valence-corrected chi connectivity index (χ2v) is 7.33. The van der Waals surface area contributed by atoms with Gasteiger partial charge in [-0.15, -0.1) is 0 Å². The number of aromatic nitrogens is 2. The van der Waals surface area contributed by atoms with Gasteiger partial charge in [-0.25, -0.2) is 18.2 Å². The minimum atomic E-state index is -3.92. The highest BCUT2D eigenvalue weighted by Crippen LogP contribution is 2.15. The van der Waals surface area contributed by atoms with E-state index >= 15 is 0 Å². The van der Waals surface area contributed by atoms with Crippen LogP contribution in [0, 0.1) is 6.92 Å². The number of hydrogen-bond donors (Lipinski definition) is 2. The molecule has 0 saturated carbocycles. The van der Waals surface area contributed by atoms with Gasteiger partial charge in [0.1, 0.15) is 0 Å². The normalized spacial score (nSPS) is 11.2. The summed E-state index contributed by atoms with van der Waals surface area (Å²) in [7, 11) is -3.92. The first-order valence-corrected chi connectivity index (χ1v) is 9.41. The number of hydrogen-bond acceptors (Lipinski definition) is 5. The van der Waals surface area contributed by atoms with E-state index in [0.717, 1.165) is 0 Å². The molecule has 3 N–H and O–H groups in total. The van der Waals surface area contributed by atoms with Gasteiger partial charge in [-0.1, -0.05) is 24.3 Å². The molecular formula is C18H16N4O4S. The van der Waals surface area contributed by atoms with Crippen LogP contribution in [-0.2, 0) is 10.0 Å². The van der Waals surface area contributed by atoms with Crippen LogP contribution in [0.4, 0.5) is 5.69 Å². The molecule has 3 aromatic rings. The Labute approximate surface area is 155 Å². The zero-order chi connectivity index (χ0) is 19.6. The summed E-state index contributed by atoms with van der Waals surface area (Å²) in [5, 5.41) is 11.7. The Morgan fingerprint density at radius 2 is 1.78 bits per heavy atom. The van der Waals surface area contributed by atoms with Crippen molar-refractivity contribution in [3.05, 3.63) is 82.3 Å². The molecule has 0 radical (unpaired) electrons. The number of amides is 1. The zero-order valence-corrected chi connectivity index (χ0v) is 15.1. The standard InChI is InChI=1S/C18H16N4O4S/c1-12-10-16(23)17(21-22(12)14-7-3-2-4-8-14)18(24)20-13-6-5-9-15(11-13)27(19,25)26/h2-11H,1H3,(H,20,24)(H2,19,25,26). The Hall–Kier alpha value is -3.30. The summed E-state index contributed by atoms with van der Waals surface area (Å²) in [4.78, 5) is 24.6. The van der Waals surface area contributed by atoms with Gasteiger partial charge in [0.2, 0.25) is 15.5 Å². The van der Waals surface area contributed by atoms with E-state index in [0.29, 0.717) is 11.4 Å². The first kappa shape index (κ1) is 18.5. The molecule has 0 saturated heterocycles. The van der Waals surface area contributed by atoms with Crippen molar-refractivity contribution in [2.45, 2.75) is 11.8 Å². The minimum Gasteiger partial charge on any atom is -0.320 e. The van der Waals surface area contributed by atoms with Gasteiger partial charge in [-0.3, -0.25) is 9.59 Å². The monoisotopic (exact) mass is 384 g/mol. The highest BCUT2D eigenvalue weighted by atomic mass is 32.2. The number of nitrogens with two attached hydrogens (primary N) is 1. The van der Waals surface area contributed by atoms with Crippen molar-refractivity contribution in [2.75, 3.05) is 5.32 Å². The molecule has 1 heterocycles. The van der Waals surface area contributed by atoms with E-state index in [1.54, 1.807) is 19.1 Å². The molecular weight excluding hydrogens is 368 g/mol. The second kappa shape index (κ2) is 7.14. The topological polar surface area (TPSA) is 124 Å². The predicted octanol–water partition coefficient (Wildman–Crippen LogP) is 1.44. The van der Waals surface area contributed by atoms with E-state index in [9.17, 15) is 18.0 Å². The lowest BCUT2D eigenvalue weighted by atomic mass is 10.2. The highest BCUT2D eigenvalue weighted by Gasteiger charge is 2.16. The van der Waals surface area contributed by atoms with E-state index in [1.807, 2.05) is 18.2 Å². The fourth-order valence-corrected chi connectivity index (χ4v) is 3.04. The maximum atomic E-state index is 12.5. The van der Waals surface area contributed by atoms with Gasteiger partial charge in [0.05, 0.1) is 10.6 Å². The third-order valence-corrected chi connectivity index (χ3v) is 4.65. The number of anilines is 1. The number of sulfonamides is 1. The fourth-order valence-electron chi connectivity index (χ4n) is 2.48. The molecule has 0 aliphatic carbocycles. The van der Waals surface area contributed by atoms with Gasteiger partial charge < -0.3 is 5.32 Å². The van der Waals surface area contributed by atoms with Crippen LogP contribution in [0.15, 0.2) is 70.4 Å². The zero-order valence-electron chi connectivity index (χ0n) is 14.3. The second-order valence-electron chi connectivity index (χ2n) is 5.77. The maximum Gasteiger partial charge on any atom is 0.280 e. The van der Waals surface area contributed by atoms with Crippen LogP contribution in [-0.4, -0.2) is 24.1 Å². The summed E-state index contributed by atoms with van der Waals surface area (Å²) in [6, 6.07) is 15.8. The Bertz CT molecular complexity index is 1170. The van der Waals surface area contributed by atoms with Gasteiger partial charge in [0.25, 0.3) is 5.91 Å². The molecule has 9 heteroatoms. The average molecular weight is 384 g/mol. The van der Waals surface area contributed by atoms with Gasteiger partial charge in [-0.05, 0) is 37.3 Å². The number of aryl methyl sites for hydroxylation is 1. The first-order chi connectivity index (χ1) is 12.8. The molecule has 0 unspecified atom stereocenters. The lowest BCUT2D eigenvalue weighted by Gasteiger charge is -2.11. The summed E-state index contributed by atoms with van der Waals surface area (Å²) in [6.07, 6.45) is 0. The van der Waals surface area contributed by atoms with E-state index < -0.39 is 21.4 Å². The van der Waals surface area contributed by atoms with Crippen LogP contribution in [0.5, 0.6) is 0 Å². The lowest BCUT2D eigenvalue weighted by molar-refractivity contribution is 0.101. The molecule has 138 valence electrons. The van der Waals surface area contributed by atoms with Gasteiger partial charge in [-0.2, -0.15) is 5.10 Å². The van der Waals surface area contributed by atoms with Gasteiger partial charge in [0, 0.05) is 17.4 Å². The van der Waals surface area contributed by atoms with E-state index in [4.69, 9.17) is 5.14 Å².